The number of aliphatic carboxylic acids is 1. The number of tetrazole rings is 1. The van der Waals surface area contributed by atoms with Crippen LogP contribution in [0.1, 0.15) is 25.8 Å². The molecule has 0 aliphatic carbocycles. The fourth-order valence-electron chi connectivity index (χ4n) is 1.87. The zero-order chi connectivity index (χ0) is 14.7. The summed E-state index contributed by atoms with van der Waals surface area (Å²) in [7, 11) is 0. The lowest BCUT2D eigenvalue weighted by Gasteiger charge is -2.14. The van der Waals surface area contributed by atoms with Crippen molar-refractivity contribution in [3.8, 4) is 11.4 Å². The van der Waals surface area contributed by atoms with Crippen LogP contribution in [0, 0.1) is 5.82 Å². The van der Waals surface area contributed by atoms with E-state index in [1.165, 1.54) is 10.7 Å². The third-order valence-electron chi connectivity index (χ3n) is 2.90. The summed E-state index contributed by atoms with van der Waals surface area (Å²) in [6.45, 7) is 1.86. The Hall–Kier alpha value is -1.83. The molecule has 2 aromatic rings. The Morgan fingerprint density at radius 1 is 1.55 bits per heavy atom. The fourth-order valence-corrected chi connectivity index (χ4v) is 2.25. The van der Waals surface area contributed by atoms with E-state index < -0.39 is 5.97 Å². The van der Waals surface area contributed by atoms with Crippen LogP contribution in [0.5, 0.6) is 0 Å². The number of hydrogen-bond acceptors (Lipinski definition) is 4. The molecule has 106 valence electrons. The van der Waals surface area contributed by atoms with Gasteiger partial charge in [-0.05, 0) is 51.0 Å². The number of nitrogens with zero attached hydrogens (tertiary/aromatic N) is 4. The van der Waals surface area contributed by atoms with E-state index in [1.54, 1.807) is 12.1 Å². The lowest BCUT2D eigenvalue weighted by molar-refractivity contribution is -0.138. The van der Waals surface area contributed by atoms with Crippen molar-refractivity contribution in [2.45, 2.75) is 25.8 Å². The minimum absolute atomic E-state index is 0.0725. The monoisotopic (exact) mass is 342 g/mol. The van der Waals surface area contributed by atoms with E-state index in [2.05, 4.69) is 31.5 Å². The summed E-state index contributed by atoms with van der Waals surface area (Å²) < 4.78 is 15.0. The molecule has 1 N–H and O–H groups in total. The molecule has 1 unspecified atom stereocenters. The molecule has 0 saturated carbocycles. The van der Waals surface area contributed by atoms with Crippen molar-refractivity contribution in [3.63, 3.8) is 0 Å². The number of carboxylic acids is 1. The first-order chi connectivity index (χ1) is 9.52. The third kappa shape index (κ3) is 3.01. The van der Waals surface area contributed by atoms with Crippen LogP contribution in [-0.4, -0.2) is 31.3 Å². The number of hydrogen-bond donors (Lipinski definition) is 1. The lowest BCUT2D eigenvalue weighted by Crippen LogP contribution is -2.15. The average molecular weight is 343 g/mol. The first kappa shape index (κ1) is 14.6. The van der Waals surface area contributed by atoms with E-state index in [0.29, 0.717) is 22.3 Å². The van der Waals surface area contributed by atoms with E-state index in [4.69, 9.17) is 5.11 Å². The van der Waals surface area contributed by atoms with Gasteiger partial charge in [-0.2, -0.15) is 0 Å². The van der Waals surface area contributed by atoms with Gasteiger partial charge in [-0.1, -0.05) is 6.92 Å². The summed E-state index contributed by atoms with van der Waals surface area (Å²) in [5.74, 6) is -0.886. The minimum Gasteiger partial charge on any atom is -0.481 e. The normalized spacial score (nSPS) is 12.3. The Morgan fingerprint density at radius 2 is 2.30 bits per heavy atom. The van der Waals surface area contributed by atoms with E-state index in [9.17, 15) is 9.18 Å². The largest absolute Gasteiger partial charge is 0.481 e. The summed E-state index contributed by atoms with van der Waals surface area (Å²) in [5, 5.41) is 20.3. The Labute approximate surface area is 122 Å². The summed E-state index contributed by atoms with van der Waals surface area (Å²) >= 11 is 3.10. The van der Waals surface area contributed by atoms with Crippen LogP contribution in [0.2, 0.25) is 0 Å². The lowest BCUT2D eigenvalue weighted by atomic mass is 10.1. The van der Waals surface area contributed by atoms with Crippen LogP contribution < -0.4 is 0 Å². The van der Waals surface area contributed by atoms with Crippen LogP contribution in [0.25, 0.3) is 11.4 Å². The van der Waals surface area contributed by atoms with Crippen LogP contribution in [0.15, 0.2) is 22.7 Å². The van der Waals surface area contributed by atoms with E-state index in [0.717, 1.165) is 0 Å². The molecule has 0 aliphatic heterocycles. The molecule has 6 nitrogen and oxygen atoms in total. The highest BCUT2D eigenvalue weighted by Crippen LogP contribution is 2.26. The molecule has 2 rings (SSSR count). The highest BCUT2D eigenvalue weighted by molar-refractivity contribution is 9.10. The van der Waals surface area contributed by atoms with Gasteiger partial charge in [0.15, 0.2) is 5.82 Å². The van der Waals surface area contributed by atoms with Gasteiger partial charge < -0.3 is 5.11 Å². The van der Waals surface area contributed by atoms with Gasteiger partial charge in [-0.15, -0.1) is 5.10 Å². The molecule has 0 amide bonds. The zero-order valence-corrected chi connectivity index (χ0v) is 12.2. The van der Waals surface area contributed by atoms with E-state index in [-0.39, 0.29) is 18.3 Å². The number of rotatable bonds is 5. The molecule has 8 heteroatoms. The smallest absolute Gasteiger partial charge is 0.305 e. The van der Waals surface area contributed by atoms with Gasteiger partial charge in [0.25, 0.3) is 0 Å². The highest BCUT2D eigenvalue weighted by Gasteiger charge is 2.20. The minimum atomic E-state index is -0.918. The summed E-state index contributed by atoms with van der Waals surface area (Å²) in [6.07, 6.45) is 0.504. The van der Waals surface area contributed by atoms with Crippen molar-refractivity contribution in [2.75, 3.05) is 0 Å². The average Bonchev–Trinajstić information content (AvgIpc) is 2.88. The van der Waals surface area contributed by atoms with Crippen LogP contribution in [0.3, 0.4) is 0 Å². The number of halogens is 2. The van der Waals surface area contributed by atoms with Crippen molar-refractivity contribution >= 4 is 21.9 Å². The molecule has 1 heterocycles. The van der Waals surface area contributed by atoms with Crippen LogP contribution in [-0.2, 0) is 4.79 Å². The molecule has 0 spiro atoms. The van der Waals surface area contributed by atoms with Crippen LogP contribution >= 0.6 is 15.9 Å². The van der Waals surface area contributed by atoms with Gasteiger partial charge in [0, 0.05) is 5.56 Å². The highest BCUT2D eigenvalue weighted by atomic mass is 79.9. The second-order valence-electron chi connectivity index (χ2n) is 4.24. The van der Waals surface area contributed by atoms with E-state index >= 15 is 0 Å². The van der Waals surface area contributed by atoms with Crippen molar-refractivity contribution in [3.05, 3.63) is 28.5 Å². The van der Waals surface area contributed by atoms with Crippen molar-refractivity contribution in [1.82, 2.24) is 20.2 Å². The van der Waals surface area contributed by atoms with Gasteiger partial charge in [0.1, 0.15) is 5.82 Å². The molecule has 1 aromatic heterocycles. The first-order valence-corrected chi connectivity index (χ1v) is 6.77. The second-order valence-corrected chi connectivity index (χ2v) is 5.09. The SMILES string of the molecule is CCC(CC(=O)O)n1nnnc1-c1ccc(F)c(Br)c1. The van der Waals surface area contributed by atoms with Gasteiger partial charge >= 0.3 is 5.97 Å². The topological polar surface area (TPSA) is 80.9 Å². The van der Waals surface area contributed by atoms with Gasteiger partial charge in [-0.25, -0.2) is 9.07 Å². The Balaban J connectivity index is 2.40. The molecular formula is C12H12BrFN4O2. The van der Waals surface area contributed by atoms with Gasteiger partial charge in [0.2, 0.25) is 0 Å². The molecular weight excluding hydrogens is 331 g/mol. The quantitative estimate of drug-likeness (QED) is 0.903. The summed E-state index contributed by atoms with van der Waals surface area (Å²) in [6, 6.07) is 4.07. The maximum Gasteiger partial charge on any atom is 0.305 e. The standard InChI is InChI=1S/C12H12BrFN4O2/c1-2-8(6-11(19)20)18-12(15-16-17-18)7-3-4-10(14)9(13)5-7/h3-5,8H,2,6H2,1H3,(H,19,20). The summed E-state index contributed by atoms with van der Waals surface area (Å²) in [5.41, 5.74) is 0.618. The zero-order valence-electron chi connectivity index (χ0n) is 10.6. The second kappa shape index (κ2) is 6.08. The summed E-state index contributed by atoms with van der Waals surface area (Å²) in [4.78, 5) is 10.9. The third-order valence-corrected chi connectivity index (χ3v) is 3.51. The number of benzene rings is 1. The first-order valence-electron chi connectivity index (χ1n) is 5.98. The molecule has 1 atom stereocenters. The molecule has 0 fully saturated rings. The number of carboxylic acid groups (broad SMARTS) is 1. The maximum absolute atomic E-state index is 13.3. The van der Waals surface area contributed by atoms with E-state index in [1.807, 2.05) is 6.92 Å². The van der Waals surface area contributed by atoms with Gasteiger partial charge in [-0.3, -0.25) is 4.79 Å². The Kier molecular flexibility index (Phi) is 4.43. The van der Waals surface area contributed by atoms with Crippen LogP contribution in [0.4, 0.5) is 4.39 Å². The number of carbonyl (C=O) groups is 1. The number of aromatic nitrogens is 4. The fraction of sp³-hybridized carbons (Fsp3) is 0.333. The predicted molar refractivity (Wildman–Crippen MR) is 72.5 cm³/mol. The predicted octanol–water partition coefficient (Wildman–Crippen LogP) is 2.67. The maximum atomic E-state index is 13.3. The molecule has 0 saturated heterocycles. The Morgan fingerprint density at radius 3 is 2.90 bits per heavy atom. The van der Waals surface area contributed by atoms with Crippen molar-refractivity contribution in [2.24, 2.45) is 0 Å². The Bertz CT molecular complexity index is 632. The molecule has 1 aromatic carbocycles. The van der Waals surface area contributed by atoms with Crippen molar-refractivity contribution < 1.29 is 14.3 Å². The molecule has 20 heavy (non-hydrogen) atoms. The molecule has 0 aliphatic rings. The molecule has 0 radical (unpaired) electrons. The van der Waals surface area contributed by atoms with Crippen molar-refractivity contribution in [1.29, 1.82) is 0 Å². The molecule has 0 bridgehead atoms. The van der Waals surface area contributed by atoms with Gasteiger partial charge in [0.05, 0.1) is 16.9 Å².